The van der Waals surface area contributed by atoms with Crippen LogP contribution in [0.5, 0.6) is 0 Å². The summed E-state index contributed by atoms with van der Waals surface area (Å²) in [5.41, 5.74) is 3.52. The molecule has 1 aromatic heterocycles. The first kappa shape index (κ1) is 15.9. The van der Waals surface area contributed by atoms with Crippen LogP contribution in [0.4, 0.5) is 5.69 Å². The highest BCUT2D eigenvalue weighted by atomic mass is 16.6. The van der Waals surface area contributed by atoms with Crippen molar-refractivity contribution in [3.63, 3.8) is 0 Å². The fourth-order valence-electron chi connectivity index (χ4n) is 3.03. The molecule has 1 aromatic carbocycles. The maximum atomic E-state index is 12.0. The minimum Gasteiger partial charge on any atom is -0.469 e. The summed E-state index contributed by atoms with van der Waals surface area (Å²) < 4.78 is 5.43. The maximum Gasteiger partial charge on any atom is 0.269 e. The molecule has 2 heterocycles. The van der Waals surface area contributed by atoms with Gasteiger partial charge >= 0.3 is 0 Å². The molecule has 1 amide bonds. The van der Waals surface area contributed by atoms with Crippen molar-refractivity contribution in [1.82, 2.24) is 5.01 Å². The van der Waals surface area contributed by atoms with E-state index in [1.165, 1.54) is 24.1 Å². The first-order valence-corrected chi connectivity index (χ1v) is 7.55. The number of hydrogen-bond donors (Lipinski definition) is 0. The second-order valence-electron chi connectivity index (χ2n) is 5.83. The molecule has 1 aliphatic rings. The Balaban J connectivity index is 1.95. The van der Waals surface area contributed by atoms with Crippen LogP contribution < -0.4 is 0 Å². The Hall–Kier alpha value is -2.96. The number of non-ortho nitro benzene ring substituents is 1. The van der Waals surface area contributed by atoms with E-state index in [0.717, 1.165) is 28.2 Å². The van der Waals surface area contributed by atoms with E-state index in [0.29, 0.717) is 6.42 Å². The van der Waals surface area contributed by atoms with Crippen molar-refractivity contribution in [2.75, 3.05) is 0 Å². The van der Waals surface area contributed by atoms with E-state index in [2.05, 4.69) is 5.10 Å². The number of rotatable bonds is 3. The van der Waals surface area contributed by atoms with Gasteiger partial charge in [0.05, 0.1) is 22.9 Å². The number of hydrazone groups is 1. The molecule has 0 unspecified atom stereocenters. The van der Waals surface area contributed by atoms with Gasteiger partial charge in [-0.05, 0) is 25.0 Å². The lowest BCUT2D eigenvalue weighted by molar-refractivity contribution is -0.384. The van der Waals surface area contributed by atoms with Gasteiger partial charge < -0.3 is 4.42 Å². The Labute approximate surface area is 138 Å². The molecular formula is C17H17N3O4. The zero-order valence-electron chi connectivity index (χ0n) is 13.6. The van der Waals surface area contributed by atoms with Crippen LogP contribution in [-0.2, 0) is 4.79 Å². The summed E-state index contributed by atoms with van der Waals surface area (Å²) >= 11 is 0. The van der Waals surface area contributed by atoms with Gasteiger partial charge in [0.2, 0.25) is 5.91 Å². The zero-order valence-corrected chi connectivity index (χ0v) is 13.6. The van der Waals surface area contributed by atoms with E-state index >= 15 is 0 Å². The van der Waals surface area contributed by atoms with Gasteiger partial charge in [0.1, 0.15) is 5.76 Å². The lowest BCUT2D eigenvalue weighted by Gasteiger charge is -2.20. The van der Waals surface area contributed by atoms with Crippen molar-refractivity contribution in [1.29, 1.82) is 0 Å². The first-order valence-electron chi connectivity index (χ1n) is 7.55. The molecule has 1 atom stereocenters. The second kappa shape index (κ2) is 5.92. The Bertz CT molecular complexity index is 817. The van der Waals surface area contributed by atoms with Crippen molar-refractivity contribution in [2.45, 2.75) is 33.2 Å². The number of nitrogens with zero attached hydrogens (tertiary/aromatic N) is 3. The van der Waals surface area contributed by atoms with Crippen molar-refractivity contribution in [3.8, 4) is 0 Å². The molecule has 0 fully saturated rings. The smallest absolute Gasteiger partial charge is 0.269 e. The normalized spacial score (nSPS) is 17.0. The van der Waals surface area contributed by atoms with Crippen molar-refractivity contribution in [2.24, 2.45) is 5.10 Å². The Kier molecular flexibility index (Phi) is 3.92. The number of benzene rings is 1. The lowest BCUT2D eigenvalue weighted by atomic mass is 9.97. The molecule has 0 aliphatic carbocycles. The number of furan rings is 1. The van der Waals surface area contributed by atoms with Crippen molar-refractivity contribution in [3.05, 3.63) is 63.1 Å². The molecule has 124 valence electrons. The van der Waals surface area contributed by atoms with E-state index < -0.39 is 4.92 Å². The third-order valence-corrected chi connectivity index (χ3v) is 4.17. The number of hydrogen-bond acceptors (Lipinski definition) is 5. The minimum atomic E-state index is -0.443. The molecule has 0 bridgehead atoms. The van der Waals surface area contributed by atoms with Crippen LogP contribution in [0.15, 0.2) is 40.0 Å². The Morgan fingerprint density at radius 2 is 2.00 bits per heavy atom. The molecule has 7 heteroatoms. The van der Waals surface area contributed by atoms with Crippen LogP contribution in [-0.4, -0.2) is 21.6 Å². The lowest BCUT2D eigenvalue weighted by Crippen LogP contribution is -2.24. The highest BCUT2D eigenvalue weighted by molar-refractivity contribution is 6.04. The topological polar surface area (TPSA) is 89.0 Å². The third-order valence-electron chi connectivity index (χ3n) is 4.17. The molecule has 2 aromatic rings. The summed E-state index contributed by atoms with van der Waals surface area (Å²) in [7, 11) is 0. The Morgan fingerprint density at radius 1 is 1.33 bits per heavy atom. The third kappa shape index (κ3) is 2.68. The predicted molar refractivity (Wildman–Crippen MR) is 87.7 cm³/mol. The molecule has 1 aliphatic heterocycles. The number of nitro groups is 1. The molecule has 0 radical (unpaired) electrons. The zero-order chi connectivity index (χ0) is 17.4. The van der Waals surface area contributed by atoms with Gasteiger partial charge in [-0.15, -0.1) is 0 Å². The average Bonchev–Trinajstić information content (AvgIpc) is 3.11. The van der Waals surface area contributed by atoms with Gasteiger partial charge in [0.25, 0.3) is 5.69 Å². The molecule has 0 saturated carbocycles. The van der Waals surface area contributed by atoms with Gasteiger partial charge in [-0.2, -0.15) is 5.10 Å². The number of nitro benzene ring substituents is 1. The highest BCUT2D eigenvalue weighted by Gasteiger charge is 2.33. The number of aryl methyl sites for hydroxylation is 2. The van der Waals surface area contributed by atoms with Gasteiger partial charge in [-0.1, -0.05) is 12.1 Å². The molecular weight excluding hydrogens is 310 g/mol. The first-order chi connectivity index (χ1) is 11.4. The van der Waals surface area contributed by atoms with Crippen LogP contribution in [0.25, 0.3) is 0 Å². The van der Waals surface area contributed by atoms with E-state index in [1.54, 1.807) is 18.4 Å². The van der Waals surface area contributed by atoms with Crippen molar-refractivity contribution >= 4 is 17.3 Å². The van der Waals surface area contributed by atoms with Crippen LogP contribution >= 0.6 is 0 Å². The van der Waals surface area contributed by atoms with Crippen molar-refractivity contribution < 1.29 is 14.1 Å². The SMILES string of the molecule is CC(=O)N1N=C(c2c(C)coc2C)C[C@H]1c1ccc([N+](=O)[O-])cc1. The van der Waals surface area contributed by atoms with E-state index in [9.17, 15) is 14.9 Å². The van der Waals surface area contributed by atoms with Crippen LogP contribution in [0.1, 0.15) is 41.8 Å². The standard InChI is InChI=1S/C17H17N3O4/c1-10-9-24-11(2)17(10)15-8-16(19(18-15)12(3)21)13-4-6-14(7-5-13)20(22)23/h4-7,9,16H,8H2,1-3H3/t16-/m0/s1. The summed E-state index contributed by atoms with van der Waals surface area (Å²) in [5.74, 6) is 0.589. The van der Waals surface area contributed by atoms with Gasteiger partial charge in [-0.25, -0.2) is 5.01 Å². The van der Waals surface area contributed by atoms with E-state index in [-0.39, 0.29) is 17.6 Å². The number of carbonyl (C=O) groups is 1. The van der Waals surface area contributed by atoms with E-state index in [4.69, 9.17) is 4.42 Å². The fourth-order valence-corrected chi connectivity index (χ4v) is 3.03. The molecule has 24 heavy (non-hydrogen) atoms. The second-order valence-corrected chi connectivity index (χ2v) is 5.83. The quantitative estimate of drug-likeness (QED) is 0.637. The van der Waals surface area contributed by atoms with Crippen LogP contribution in [0.2, 0.25) is 0 Å². The van der Waals surface area contributed by atoms with Gasteiger partial charge in [0, 0.05) is 31.0 Å². The summed E-state index contributed by atoms with van der Waals surface area (Å²) in [6.07, 6.45) is 2.21. The molecule has 0 spiro atoms. The largest absolute Gasteiger partial charge is 0.469 e. The highest BCUT2D eigenvalue weighted by Crippen LogP contribution is 2.35. The fraction of sp³-hybridized carbons (Fsp3) is 0.294. The monoisotopic (exact) mass is 327 g/mol. The summed E-state index contributed by atoms with van der Waals surface area (Å²) in [6, 6.07) is 5.96. The summed E-state index contributed by atoms with van der Waals surface area (Å²) in [6.45, 7) is 5.26. The van der Waals surface area contributed by atoms with Gasteiger partial charge in [-0.3, -0.25) is 14.9 Å². The molecule has 0 N–H and O–H groups in total. The molecule has 0 saturated heterocycles. The maximum absolute atomic E-state index is 12.0. The Morgan fingerprint density at radius 3 is 2.50 bits per heavy atom. The van der Waals surface area contributed by atoms with E-state index in [1.807, 2.05) is 13.8 Å². The predicted octanol–water partition coefficient (Wildman–Crippen LogP) is 3.50. The van der Waals surface area contributed by atoms with Gasteiger partial charge in [0.15, 0.2) is 0 Å². The number of carbonyl (C=O) groups excluding carboxylic acids is 1. The molecule has 3 rings (SSSR count). The summed E-state index contributed by atoms with van der Waals surface area (Å²) in [4.78, 5) is 22.3. The molecule has 7 nitrogen and oxygen atoms in total. The minimum absolute atomic E-state index is 0.0220. The summed E-state index contributed by atoms with van der Waals surface area (Å²) in [5, 5.41) is 16.7. The van der Waals surface area contributed by atoms with Crippen LogP contribution in [0.3, 0.4) is 0 Å². The number of amides is 1. The average molecular weight is 327 g/mol. The van der Waals surface area contributed by atoms with Crippen LogP contribution in [0, 0.1) is 24.0 Å².